The minimum atomic E-state index is -0.768. The number of aliphatic carboxylic acids is 1. The SMILES string of the molecule is CSc1ccc(C)c(C(=O)NCCC(C)CCC(=O)O)c1. The Morgan fingerprint density at radius 1 is 1.33 bits per heavy atom. The summed E-state index contributed by atoms with van der Waals surface area (Å²) in [5.41, 5.74) is 1.67. The van der Waals surface area contributed by atoms with E-state index in [1.54, 1.807) is 11.8 Å². The summed E-state index contributed by atoms with van der Waals surface area (Å²) in [5.74, 6) is -0.538. The van der Waals surface area contributed by atoms with Crippen molar-refractivity contribution >= 4 is 23.6 Å². The van der Waals surface area contributed by atoms with Crippen molar-refractivity contribution in [2.45, 2.75) is 38.0 Å². The van der Waals surface area contributed by atoms with Gasteiger partial charge in [0.15, 0.2) is 0 Å². The molecule has 0 heterocycles. The zero-order valence-corrected chi connectivity index (χ0v) is 13.6. The largest absolute Gasteiger partial charge is 0.481 e. The average molecular weight is 309 g/mol. The first-order valence-corrected chi connectivity index (χ1v) is 8.31. The molecule has 1 unspecified atom stereocenters. The molecular formula is C16H23NO3S. The molecule has 1 atom stereocenters. The lowest BCUT2D eigenvalue weighted by Gasteiger charge is -2.12. The van der Waals surface area contributed by atoms with Crippen LogP contribution in [-0.4, -0.2) is 29.8 Å². The van der Waals surface area contributed by atoms with Gasteiger partial charge in [-0.2, -0.15) is 0 Å². The molecule has 0 saturated heterocycles. The van der Waals surface area contributed by atoms with Crippen molar-refractivity contribution in [3.8, 4) is 0 Å². The average Bonchev–Trinajstić information content (AvgIpc) is 2.45. The van der Waals surface area contributed by atoms with Crippen LogP contribution in [0.15, 0.2) is 23.1 Å². The summed E-state index contributed by atoms with van der Waals surface area (Å²) in [5, 5.41) is 11.5. The maximum atomic E-state index is 12.2. The van der Waals surface area contributed by atoms with Crippen molar-refractivity contribution in [1.82, 2.24) is 5.32 Å². The van der Waals surface area contributed by atoms with Crippen molar-refractivity contribution in [3.63, 3.8) is 0 Å². The second kappa shape index (κ2) is 8.72. The Kier molecular flexibility index (Phi) is 7.29. The summed E-state index contributed by atoms with van der Waals surface area (Å²) in [7, 11) is 0. The number of hydrogen-bond donors (Lipinski definition) is 2. The fraction of sp³-hybridized carbons (Fsp3) is 0.500. The van der Waals surface area contributed by atoms with Crippen molar-refractivity contribution in [2.75, 3.05) is 12.8 Å². The Labute approximate surface area is 130 Å². The third-order valence-corrected chi connectivity index (χ3v) is 4.19. The molecule has 0 spiro atoms. The second-order valence-corrected chi connectivity index (χ2v) is 6.14. The fourth-order valence-corrected chi connectivity index (χ4v) is 2.45. The fourth-order valence-electron chi connectivity index (χ4n) is 2.01. The van der Waals surface area contributed by atoms with E-state index in [-0.39, 0.29) is 12.3 Å². The van der Waals surface area contributed by atoms with Crippen molar-refractivity contribution < 1.29 is 14.7 Å². The molecule has 0 aromatic heterocycles. The highest BCUT2D eigenvalue weighted by Crippen LogP contribution is 2.19. The van der Waals surface area contributed by atoms with Crippen molar-refractivity contribution in [1.29, 1.82) is 0 Å². The number of carboxylic acid groups (broad SMARTS) is 1. The van der Waals surface area contributed by atoms with Gasteiger partial charge in [-0.1, -0.05) is 13.0 Å². The van der Waals surface area contributed by atoms with Gasteiger partial charge in [0.2, 0.25) is 0 Å². The minimum Gasteiger partial charge on any atom is -0.481 e. The van der Waals surface area contributed by atoms with E-state index < -0.39 is 5.97 Å². The molecule has 0 bridgehead atoms. The molecule has 0 radical (unpaired) electrons. The smallest absolute Gasteiger partial charge is 0.303 e. The Bertz CT molecular complexity index is 502. The first kappa shape index (κ1) is 17.6. The van der Waals surface area contributed by atoms with E-state index in [1.165, 1.54) is 0 Å². The van der Waals surface area contributed by atoms with Crippen LogP contribution in [0.3, 0.4) is 0 Å². The molecule has 5 heteroatoms. The van der Waals surface area contributed by atoms with Crippen LogP contribution in [0.25, 0.3) is 0 Å². The van der Waals surface area contributed by atoms with E-state index in [9.17, 15) is 9.59 Å². The van der Waals surface area contributed by atoms with Gasteiger partial charge in [0, 0.05) is 23.4 Å². The number of nitrogens with one attached hydrogen (secondary N) is 1. The van der Waals surface area contributed by atoms with Crippen molar-refractivity contribution in [2.24, 2.45) is 5.92 Å². The number of carboxylic acids is 1. The topological polar surface area (TPSA) is 66.4 Å². The zero-order chi connectivity index (χ0) is 15.8. The molecule has 2 N–H and O–H groups in total. The number of aryl methyl sites for hydroxylation is 1. The van der Waals surface area contributed by atoms with Gasteiger partial charge in [-0.15, -0.1) is 11.8 Å². The summed E-state index contributed by atoms with van der Waals surface area (Å²) in [6, 6.07) is 5.87. The number of thioether (sulfide) groups is 1. The summed E-state index contributed by atoms with van der Waals surface area (Å²) < 4.78 is 0. The standard InChI is InChI=1S/C16H23NO3S/c1-11(4-7-15(18)19)8-9-17-16(20)14-10-13(21-3)6-5-12(14)2/h5-6,10-11H,4,7-9H2,1-3H3,(H,17,20)(H,18,19). The third kappa shape index (κ3) is 6.21. The highest BCUT2D eigenvalue weighted by Gasteiger charge is 2.11. The van der Waals surface area contributed by atoms with Crippen LogP contribution in [0.5, 0.6) is 0 Å². The first-order chi connectivity index (χ1) is 9.93. The van der Waals surface area contributed by atoms with Gasteiger partial charge in [0.25, 0.3) is 5.91 Å². The number of hydrogen-bond acceptors (Lipinski definition) is 3. The lowest BCUT2D eigenvalue weighted by molar-refractivity contribution is -0.137. The highest BCUT2D eigenvalue weighted by molar-refractivity contribution is 7.98. The first-order valence-electron chi connectivity index (χ1n) is 7.08. The third-order valence-electron chi connectivity index (χ3n) is 3.46. The highest BCUT2D eigenvalue weighted by atomic mass is 32.2. The Balaban J connectivity index is 2.45. The van der Waals surface area contributed by atoms with E-state index in [1.807, 2.05) is 38.3 Å². The lowest BCUT2D eigenvalue weighted by Crippen LogP contribution is -2.26. The van der Waals surface area contributed by atoms with E-state index in [4.69, 9.17) is 5.11 Å². The van der Waals surface area contributed by atoms with E-state index >= 15 is 0 Å². The Hall–Kier alpha value is -1.49. The molecule has 4 nitrogen and oxygen atoms in total. The molecule has 0 aliphatic heterocycles. The van der Waals surface area contributed by atoms with Crippen LogP contribution in [0.2, 0.25) is 0 Å². The summed E-state index contributed by atoms with van der Waals surface area (Å²) in [6.45, 7) is 4.51. The van der Waals surface area contributed by atoms with Gasteiger partial charge < -0.3 is 10.4 Å². The molecule has 1 aromatic rings. The van der Waals surface area contributed by atoms with Gasteiger partial charge in [0.1, 0.15) is 0 Å². The van der Waals surface area contributed by atoms with Crippen LogP contribution in [0, 0.1) is 12.8 Å². The molecule has 0 saturated carbocycles. The number of amides is 1. The molecule has 1 aromatic carbocycles. The van der Waals surface area contributed by atoms with E-state index in [2.05, 4.69) is 5.32 Å². The monoisotopic (exact) mass is 309 g/mol. The number of carbonyl (C=O) groups is 2. The number of carbonyl (C=O) groups excluding carboxylic acids is 1. The van der Waals surface area contributed by atoms with Gasteiger partial charge in [-0.3, -0.25) is 9.59 Å². The second-order valence-electron chi connectivity index (χ2n) is 5.26. The van der Waals surface area contributed by atoms with E-state index in [0.717, 1.165) is 16.9 Å². The lowest BCUT2D eigenvalue weighted by atomic mass is 10.0. The minimum absolute atomic E-state index is 0.0613. The predicted octanol–water partition coefficient (Wildman–Crippen LogP) is 3.34. The normalized spacial score (nSPS) is 12.0. The van der Waals surface area contributed by atoms with Crippen LogP contribution < -0.4 is 5.32 Å². The molecule has 0 fully saturated rings. The van der Waals surface area contributed by atoms with Crippen molar-refractivity contribution in [3.05, 3.63) is 29.3 Å². The summed E-state index contributed by atoms with van der Waals surface area (Å²) >= 11 is 1.61. The summed E-state index contributed by atoms with van der Waals surface area (Å²) in [4.78, 5) is 23.7. The molecule has 0 aliphatic carbocycles. The predicted molar refractivity (Wildman–Crippen MR) is 85.9 cm³/mol. The van der Waals surface area contributed by atoms with Gasteiger partial charge in [-0.25, -0.2) is 0 Å². The van der Waals surface area contributed by atoms with E-state index in [0.29, 0.717) is 24.4 Å². The molecule has 1 rings (SSSR count). The maximum absolute atomic E-state index is 12.2. The number of rotatable bonds is 8. The van der Waals surface area contributed by atoms with Crippen LogP contribution in [0.4, 0.5) is 0 Å². The molecule has 1 amide bonds. The maximum Gasteiger partial charge on any atom is 0.303 e. The quantitative estimate of drug-likeness (QED) is 0.723. The van der Waals surface area contributed by atoms with Crippen LogP contribution >= 0.6 is 11.8 Å². The van der Waals surface area contributed by atoms with Gasteiger partial charge in [0.05, 0.1) is 0 Å². The van der Waals surface area contributed by atoms with Crippen LogP contribution in [0.1, 0.15) is 42.1 Å². The Morgan fingerprint density at radius 3 is 2.67 bits per heavy atom. The summed E-state index contributed by atoms with van der Waals surface area (Å²) in [6.07, 6.45) is 3.60. The molecular weight excluding hydrogens is 286 g/mol. The van der Waals surface area contributed by atoms with Gasteiger partial charge in [-0.05, 0) is 49.6 Å². The zero-order valence-electron chi connectivity index (χ0n) is 12.8. The molecule has 116 valence electrons. The van der Waals surface area contributed by atoms with Crippen LogP contribution in [-0.2, 0) is 4.79 Å². The molecule has 21 heavy (non-hydrogen) atoms. The number of benzene rings is 1. The van der Waals surface area contributed by atoms with Gasteiger partial charge >= 0.3 is 5.97 Å². The Morgan fingerprint density at radius 2 is 2.05 bits per heavy atom. The molecule has 0 aliphatic rings.